The molecule has 0 saturated heterocycles. The quantitative estimate of drug-likeness (QED) is 0.291. The molecule has 86 valence electrons. The third-order valence-electron chi connectivity index (χ3n) is 2.02. The van der Waals surface area contributed by atoms with E-state index in [0.717, 1.165) is 19.3 Å². The topological polar surface area (TPSA) is 26.3 Å². The van der Waals surface area contributed by atoms with E-state index in [2.05, 4.69) is 32.6 Å². The zero-order chi connectivity index (χ0) is 11.5. The maximum absolute atomic E-state index is 11.1. The number of ether oxygens (including phenoxy) is 1. The molecule has 0 radical (unpaired) electrons. The molecular weight excluding hydrogens is 188 g/mol. The van der Waals surface area contributed by atoms with Crippen LogP contribution in [-0.2, 0) is 9.53 Å². The summed E-state index contributed by atoms with van der Waals surface area (Å²) in [5.41, 5.74) is 0. The second-order valence-corrected chi connectivity index (χ2v) is 4.08. The standard InChI is InChI=1S/C13H22O2/c1-4-5-6-7-8-9-13(14)15-11-10-12(2)3/h12H,4-7,10-11H2,1-3H3. The summed E-state index contributed by atoms with van der Waals surface area (Å²) in [4.78, 5) is 11.1. The van der Waals surface area contributed by atoms with Gasteiger partial charge in [-0.25, -0.2) is 4.79 Å². The van der Waals surface area contributed by atoms with Gasteiger partial charge in [-0.3, -0.25) is 0 Å². The van der Waals surface area contributed by atoms with Crippen molar-refractivity contribution in [2.75, 3.05) is 6.61 Å². The summed E-state index contributed by atoms with van der Waals surface area (Å²) in [6, 6.07) is 0. The van der Waals surface area contributed by atoms with Gasteiger partial charge in [0.05, 0.1) is 6.61 Å². The number of carbonyl (C=O) groups is 1. The SMILES string of the molecule is CCCCCC#CC(=O)OCCC(C)C. The number of carbonyl (C=O) groups excluding carboxylic acids is 1. The van der Waals surface area contributed by atoms with Gasteiger partial charge in [-0.2, -0.15) is 0 Å². The third kappa shape index (κ3) is 11.0. The van der Waals surface area contributed by atoms with Gasteiger partial charge in [-0.15, -0.1) is 0 Å². The molecule has 0 rings (SSSR count). The van der Waals surface area contributed by atoms with Crippen LogP contribution in [0, 0.1) is 17.8 Å². The summed E-state index contributed by atoms with van der Waals surface area (Å²) in [6.07, 6.45) is 5.14. The lowest BCUT2D eigenvalue weighted by molar-refractivity contribution is -0.136. The van der Waals surface area contributed by atoms with Crippen molar-refractivity contribution < 1.29 is 9.53 Å². The Morgan fingerprint density at radius 1 is 1.33 bits per heavy atom. The molecule has 0 atom stereocenters. The molecular formula is C13H22O2. The van der Waals surface area contributed by atoms with E-state index in [-0.39, 0.29) is 5.97 Å². The first kappa shape index (κ1) is 14.0. The Balaban J connectivity index is 3.46. The van der Waals surface area contributed by atoms with Crippen LogP contribution in [0.15, 0.2) is 0 Å². The average Bonchev–Trinajstić information content (AvgIpc) is 2.17. The number of esters is 1. The summed E-state index contributed by atoms with van der Waals surface area (Å²) in [6.45, 7) is 6.84. The molecule has 0 unspecified atom stereocenters. The van der Waals surface area contributed by atoms with Gasteiger partial charge in [-0.1, -0.05) is 39.5 Å². The van der Waals surface area contributed by atoms with Crippen molar-refractivity contribution in [2.24, 2.45) is 5.92 Å². The molecule has 0 N–H and O–H groups in total. The second-order valence-electron chi connectivity index (χ2n) is 4.08. The summed E-state index contributed by atoms with van der Waals surface area (Å²) < 4.78 is 4.95. The van der Waals surface area contributed by atoms with Crippen molar-refractivity contribution in [2.45, 2.75) is 52.9 Å². The van der Waals surface area contributed by atoms with Gasteiger partial charge in [-0.05, 0) is 18.8 Å². The highest BCUT2D eigenvalue weighted by Crippen LogP contribution is 1.99. The van der Waals surface area contributed by atoms with Crippen LogP contribution in [0.5, 0.6) is 0 Å². The maximum atomic E-state index is 11.1. The first-order valence-corrected chi connectivity index (χ1v) is 5.82. The summed E-state index contributed by atoms with van der Waals surface area (Å²) in [5.74, 6) is 5.52. The molecule has 15 heavy (non-hydrogen) atoms. The normalized spacial score (nSPS) is 9.60. The van der Waals surface area contributed by atoms with E-state index < -0.39 is 0 Å². The van der Waals surface area contributed by atoms with Crippen molar-refractivity contribution in [1.29, 1.82) is 0 Å². The Kier molecular flexibility index (Phi) is 8.96. The highest BCUT2D eigenvalue weighted by Gasteiger charge is 1.98. The van der Waals surface area contributed by atoms with E-state index in [1.54, 1.807) is 0 Å². The Hall–Kier alpha value is -0.970. The molecule has 0 fully saturated rings. The van der Waals surface area contributed by atoms with Crippen molar-refractivity contribution in [1.82, 2.24) is 0 Å². The molecule has 0 aliphatic rings. The number of hydrogen-bond acceptors (Lipinski definition) is 2. The van der Waals surface area contributed by atoms with Crippen LogP contribution in [0.1, 0.15) is 52.9 Å². The molecule has 0 aliphatic carbocycles. The molecule has 0 aliphatic heterocycles. The molecule has 0 aromatic rings. The monoisotopic (exact) mass is 210 g/mol. The van der Waals surface area contributed by atoms with Gasteiger partial charge in [0, 0.05) is 12.3 Å². The average molecular weight is 210 g/mol. The minimum Gasteiger partial charge on any atom is -0.456 e. The Bertz CT molecular complexity index is 220. The molecule has 0 saturated carbocycles. The molecule has 2 heteroatoms. The van der Waals surface area contributed by atoms with E-state index in [4.69, 9.17) is 4.74 Å². The highest BCUT2D eigenvalue weighted by molar-refractivity contribution is 5.88. The van der Waals surface area contributed by atoms with Crippen LogP contribution in [0.25, 0.3) is 0 Å². The highest BCUT2D eigenvalue weighted by atomic mass is 16.5. The predicted molar refractivity (Wildman–Crippen MR) is 62.3 cm³/mol. The molecule has 0 aromatic carbocycles. The van der Waals surface area contributed by atoms with Crippen LogP contribution in [-0.4, -0.2) is 12.6 Å². The lowest BCUT2D eigenvalue weighted by atomic mass is 10.1. The molecule has 0 spiro atoms. The van der Waals surface area contributed by atoms with Gasteiger partial charge in [0.15, 0.2) is 0 Å². The minimum absolute atomic E-state index is 0.382. The lowest BCUT2D eigenvalue weighted by Crippen LogP contribution is -2.05. The van der Waals surface area contributed by atoms with Crippen LogP contribution < -0.4 is 0 Å². The van der Waals surface area contributed by atoms with Crippen LogP contribution in [0.2, 0.25) is 0 Å². The van der Waals surface area contributed by atoms with Crippen molar-refractivity contribution >= 4 is 5.97 Å². The van der Waals surface area contributed by atoms with Crippen LogP contribution in [0.3, 0.4) is 0 Å². The maximum Gasteiger partial charge on any atom is 0.384 e. The fourth-order valence-electron chi connectivity index (χ4n) is 1.02. The Morgan fingerprint density at radius 3 is 2.67 bits per heavy atom. The third-order valence-corrected chi connectivity index (χ3v) is 2.02. The first-order valence-electron chi connectivity index (χ1n) is 5.82. The van der Waals surface area contributed by atoms with E-state index in [0.29, 0.717) is 12.5 Å². The Labute approximate surface area is 93.4 Å². The lowest BCUT2D eigenvalue weighted by Gasteiger charge is -2.02. The summed E-state index contributed by atoms with van der Waals surface area (Å²) in [5, 5.41) is 0. The van der Waals surface area contributed by atoms with Gasteiger partial charge in [0.25, 0.3) is 0 Å². The van der Waals surface area contributed by atoms with Crippen molar-refractivity contribution in [3.05, 3.63) is 0 Å². The summed E-state index contributed by atoms with van der Waals surface area (Å²) >= 11 is 0. The van der Waals surface area contributed by atoms with Crippen LogP contribution in [0.4, 0.5) is 0 Å². The van der Waals surface area contributed by atoms with Gasteiger partial charge in [0.1, 0.15) is 0 Å². The fourth-order valence-corrected chi connectivity index (χ4v) is 1.02. The molecule has 2 nitrogen and oxygen atoms in total. The van der Waals surface area contributed by atoms with E-state index >= 15 is 0 Å². The fraction of sp³-hybridized carbons (Fsp3) is 0.769. The smallest absolute Gasteiger partial charge is 0.384 e. The molecule has 0 aromatic heterocycles. The van der Waals surface area contributed by atoms with Gasteiger partial charge < -0.3 is 4.74 Å². The van der Waals surface area contributed by atoms with E-state index in [1.165, 1.54) is 12.8 Å². The number of unbranched alkanes of at least 4 members (excludes halogenated alkanes) is 3. The largest absolute Gasteiger partial charge is 0.456 e. The summed E-state index contributed by atoms with van der Waals surface area (Å²) in [7, 11) is 0. The minimum atomic E-state index is -0.382. The molecule has 0 amide bonds. The van der Waals surface area contributed by atoms with Crippen LogP contribution >= 0.6 is 0 Å². The van der Waals surface area contributed by atoms with Gasteiger partial charge in [0.2, 0.25) is 0 Å². The number of rotatable bonds is 6. The number of hydrogen-bond donors (Lipinski definition) is 0. The van der Waals surface area contributed by atoms with Crippen molar-refractivity contribution in [3.63, 3.8) is 0 Å². The van der Waals surface area contributed by atoms with Gasteiger partial charge >= 0.3 is 5.97 Å². The zero-order valence-electron chi connectivity index (χ0n) is 10.1. The molecule has 0 heterocycles. The van der Waals surface area contributed by atoms with Crippen molar-refractivity contribution in [3.8, 4) is 11.8 Å². The first-order chi connectivity index (χ1) is 7.16. The Morgan fingerprint density at radius 2 is 2.07 bits per heavy atom. The second kappa shape index (κ2) is 9.58. The molecule has 0 bridgehead atoms. The van der Waals surface area contributed by atoms with E-state index in [1.807, 2.05) is 0 Å². The van der Waals surface area contributed by atoms with E-state index in [9.17, 15) is 4.79 Å². The predicted octanol–water partition coefficient (Wildman–Crippen LogP) is 3.16. The zero-order valence-corrected chi connectivity index (χ0v) is 10.1.